The zero-order valence-electron chi connectivity index (χ0n) is 11.6. The zero-order chi connectivity index (χ0) is 14.1. The molecule has 4 heteroatoms. The monoisotopic (exact) mass is 282 g/mol. The van der Waals surface area contributed by atoms with Gasteiger partial charge in [-0.1, -0.05) is 31.2 Å². The Balaban J connectivity index is 2.20. The van der Waals surface area contributed by atoms with Crippen LogP contribution in [0.1, 0.15) is 37.3 Å². The normalized spacial score (nSPS) is 27.6. The van der Waals surface area contributed by atoms with Gasteiger partial charge in [-0.05, 0) is 36.8 Å². The highest BCUT2D eigenvalue weighted by atomic mass is 32.2. The molecule has 0 aromatic heterocycles. The van der Waals surface area contributed by atoms with Gasteiger partial charge in [-0.2, -0.15) is 0 Å². The molecule has 1 aromatic rings. The summed E-state index contributed by atoms with van der Waals surface area (Å²) in [7, 11) is -3.19. The lowest BCUT2D eigenvalue weighted by Crippen LogP contribution is -2.44. The summed E-state index contributed by atoms with van der Waals surface area (Å²) in [6.07, 6.45) is 4.56. The molecule has 1 aromatic carbocycles. The van der Waals surface area contributed by atoms with Gasteiger partial charge in [0.2, 0.25) is 0 Å². The Morgan fingerprint density at radius 1 is 1.26 bits per heavy atom. The number of benzene rings is 1. The number of rotatable bonds is 4. The second kappa shape index (κ2) is 5.25. The third kappa shape index (κ3) is 3.18. The van der Waals surface area contributed by atoms with Crippen molar-refractivity contribution in [3.63, 3.8) is 0 Å². The van der Waals surface area contributed by atoms with Crippen LogP contribution in [-0.4, -0.2) is 30.6 Å². The molecule has 2 atom stereocenters. The average molecular weight is 282 g/mol. The quantitative estimate of drug-likeness (QED) is 0.920. The number of aliphatic hydroxyl groups is 1. The van der Waals surface area contributed by atoms with Gasteiger partial charge in [-0.15, -0.1) is 0 Å². The Hall–Kier alpha value is -0.870. The molecule has 1 aliphatic rings. The second-order valence-electron chi connectivity index (χ2n) is 5.66. The van der Waals surface area contributed by atoms with Crippen LogP contribution < -0.4 is 0 Å². The fraction of sp³-hybridized carbons (Fsp3) is 0.600. The van der Waals surface area contributed by atoms with Gasteiger partial charge in [-0.25, -0.2) is 8.42 Å². The van der Waals surface area contributed by atoms with Crippen molar-refractivity contribution < 1.29 is 13.5 Å². The summed E-state index contributed by atoms with van der Waals surface area (Å²) in [4.78, 5) is 0. The molecule has 1 N–H and O–H groups in total. The lowest BCUT2D eigenvalue weighted by molar-refractivity contribution is 0.0513. The predicted octanol–water partition coefficient (Wildman–Crippen LogP) is 2.12. The largest absolute Gasteiger partial charge is 0.388 e. The van der Waals surface area contributed by atoms with E-state index in [9.17, 15) is 13.5 Å². The van der Waals surface area contributed by atoms with E-state index >= 15 is 0 Å². The molecule has 2 unspecified atom stereocenters. The predicted molar refractivity (Wildman–Crippen MR) is 77.0 cm³/mol. The maximum absolute atomic E-state index is 11.8. The van der Waals surface area contributed by atoms with Gasteiger partial charge in [0.05, 0.1) is 10.9 Å². The van der Waals surface area contributed by atoms with Crippen LogP contribution in [-0.2, 0) is 22.7 Å². The lowest BCUT2D eigenvalue weighted by atomic mass is 9.92. The summed E-state index contributed by atoms with van der Waals surface area (Å²) in [6, 6.07) is 8.08. The van der Waals surface area contributed by atoms with Crippen molar-refractivity contribution in [1.29, 1.82) is 0 Å². The zero-order valence-corrected chi connectivity index (χ0v) is 12.4. The maximum atomic E-state index is 11.8. The van der Waals surface area contributed by atoms with Crippen molar-refractivity contribution in [3.05, 3.63) is 35.4 Å². The molecule has 0 spiro atoms. The van der Waals surface area contributed by atoms with E-state index in [1.807, 2.05) is 24.3 Å². The van der Waals surface area contributed by atoms with Crippen molar-refractivity contribution in [2.45, 2.75) is 49.9 Å². The Morgan fingerprint density at radius 3 is 2.37 bits per heavy atom. The summed E-state index contributed by atoms with van der Waals surface area (Å²) in [5.74, 6) is 0. The molecule has 3 nitrogen and oxygen atoms in total. The molecule has 0 bridgehead atoms. The molecule has 0 aliphatic heterocycles. The van der Waals surface area contributed by atoms with E-state index < -0.39 is 20.7 Å². The summed E-state index contributed by atoms with van der Waals surface area (Å²) in [6.45, 7) is 2.10. The first-order chi connectivity index (χ1) is 8.85. The SMILES string of the molecule is CCc1ccc(CC2(O)CCCC2S(C)(=O)=O)cc1. The Morgan fingerprint density at radius 2 is 1.84 bits per heavy atom. The lowest BCUT2D eigenvalue weighted by Gasteiger charge is -2.29. The molecule has 0 saturated heterocycles. The van der Waals surface area contributed by atoms with Gasteiger partial charge in [-0.3, -0.25) is 0 Å². The van der Waals surface area contributed by atoms with Crippen LogP contribution in [0, 0.1) is 0 Å². The van der Waals surface area contributed by atoms with Crippen molar-refractivity contribution in [2.75, 3.05) is 6.26 Å². The highest BCUT2D eigenvalue weighted by molar-refractivity contribution is 7.91. The number of hydrogen-bond donors (Lipinski definition) is 1. The average Bonchev–Trinajstić information content (AvgIpc) is 2.72. The van der Waals surface area contributed by atoms with Crippen molar-refractivity contribution in [1.82, 2.24) is 0 Å². The molecule has 1 saturated carbocycles. The molecule has 2 rings (SSSR count). The Bertz CT molecular complexity index is 533. The Labute approximate surface area is 115 Å². The first-order valence-electron chi connectivity index (χ1n) is 6.84. The topological polar surface area (TPSA) is 54.4 Å². The Kier molecular flexibility index (Phi) is 4.02. The summed E-state index contributed by atoms with van der Waals surface area (Å²) >= 11 is 0. The van der Waals surface area contributed by atoms with Gasteiger partial charge >= 0.3 is 0 Å². The van der Waals surface area contributed by atoms with E-state index in [0.717, 1.165) is 18.4 Å². The fourth-order valence-electron chi connectivity index (χ4n) is 3.08. The molecule has 1 aliphatic carbocycles. The number of sulfone groups is 1. The third-order valence-corrected chi connectivity index (χ3v) is 5.84. The molecular weight excluding hydrogens is 260 g/mol. The van der Waals surface area contributed by atoms with Gasteiger partial charge in [0.25, 0.3) is 0 Å². The standard InChI is InChI=1S/C15H22O3S/c1-3-12-6-8-13(9-7-12)11-15(16)10-4-5-14(15)19(2,17)18/h6-9,14,16H,3-5,10-11H2,1-2H3. The summed E-state index contributed by atoms with van der Waals surface area (Å²) in [5.41, 5.74) is 1.17. The van der Waals surface area contributed by atoms with Crippen LogP contribution in [0.4, 0.5) is 0 Å². The van der Waals surface area contributed by atoms with Crippen LogP contribution >= 0.6 is 0 Å². The number of aryl methyl sites for hydroxylation is 1. The van der Waals surface area contributed by atoms with E-state index in [2.05, 4.69) is 6.92 Å². The van der Waals surface area contributed by atoms with Gasteiger partial charge < -0.3 is 5.11 Å². The molecule has 106 valence electrons. The van der Waals surface area contributed by atoms with Crippen LogP contribution in [0.15, 0.2) is 24.3 Å². The van der Waals surface area contributed by atoms with Crippen LogP contribution in [0.2, 0.25) is 0 Å². The van der Waals surface area contributed by atoms with Crippen LogP contribution in [0.25, 0.3) is 0 Å². The van der Waals surface area contributed by atoms with Crippen LogP contribution in [0.5, 0.6) is 0 Å². The van der Waals surface area contributed by atoms with Crippen molar-refractivity contribution in [2.24, 2.45) is 0 Å². The third-order valence-electron chi connectivity index (χ3n) is 4.13. The van der Waals surface area contributed by atoms with Gasteiger partial charge in [0.1, 0.15) is 0 Å². The maximum Gasteiger partial charge on any atom is 0.153 e. The smallest absolute Gasteiger partial charge is 0.153 e. The fourth-order valence-corrected chi connectivity index (χ4v) is 4.68. The van der Waals surface area contributed by atoms with E-state index in [1.54, 1.807) is 0 Å². The molecule has 1 fully saturated rings. The summed E-state index contributed by atoms with van der Waals surface area (Å²) in [5, 5.41) is 10.1. The highest BCUT2D eigenvalue weighted by Crippen LogP contribution is 2.37. The van der Waals surface area contributed by atoms with E-state index in [4.69, 9.17) is 0 Å². The summed E-state index contributed by atoms with van der Waals surface area (Å²) < 4.78 is 23.6. The second-order valence-corrected chi connectivity index (χ2v) is 7.89. The first-order valence-corrected chi connectivity index (χ1v) is 8.80. The van der Waals surface area contributed by atoms with Gasteiger partial charge in [0.15, 0.2) is 9.84 Å². The minimum Gasteiger partial charge on any atom is -0.388 e. The van der Waals surface area contributed by atoms with Gasteiger partial charge in [0, 0.05) is 12.7 Å². The highest BCUT2D eigenvalue weighted by Gasteiger charge is 2.46. The molecule has 0 heterocycles. The van der Waals surface area contributed by atoms with E-state index in [0.29, 0.717) is 19.3 Å². The molecule has 19 heavy (non-hydrogen) atoms. The van der Waals surface area contributed by atoms with Crippen molar-refractivity contribution in [3.8, 4) is 0 Å². The minimum atomic E-state index is -3.19. The molecule has 0 radical (unpaired) electrons. The minimum absolute atomic E-state index is 0.425. The van der Waals surface area contributed by atoms with E-state index in [-0.39, 0.29) is 0 Å². The van der Waals surface area contributed by atoms with E-state index in [1.165, 1.54) is 11.8 Å². The van der Waals surface area contributed by atoms with Crippen molar-refractivity contribution >= 4 is 9.84 Å². The molecular formula is C15H22O3S. The molecule has 0 amide bonds. The first kappa shape index (κ1) is 14.5. The van der Waals surface area contributed by atoms with Crippen LogP contribution in [0.3, 0.4) is 0 Å². The number of hydrogen-bond acceptors (Lipinski definition) is 3.